The molecule has 88 valence electrons. The van der Waals surface area contributed by atoms with E-state index in [1.807, 2.05) is 0 Å². The van der Waals surface area contributed by atoms with Gasteiger partial charge < -0.3 is 10.6 Å². The van der Waals surface area contributed by atoms with Crippen molar-refractivity contribution in [3.63, 3.8) is 0 Å². The highest BCUT2D eigenvalue weighted by Gasteiger charge is 2.11. The summed E-state index contributed by atoms with van der Waals surface area (Å²) in [4.78, 5) is 0. The van der Waals surface area contributed by atoms with Crippen LogP contribution in [0.4, 0.5) is 0 Å². The molecule has 1 fully saturated rings. The lowest BCUT2D eigenvalue weighted by Gasteiger charge is -2.24. The molecule has 1 aliphatic rings. The van der Waals surface area contributed by atoms with E-state index >= 15 is 0 Å². The number of piperidine rings is 1. The maximum absolute atomic E-state index is 3.63. The molecule has 2 heteroatoms. The highest BCUT2D eigenvalue weighted by molar-refractivity contribution is 5.25. The average molecular weight is 218 g/mol. The summed E-state index contributed by atoms with van der Waals surface area (Å²) < 4.78 is 0. The Morgan fingerprint density at radius 3 is 3.00 bits per heavy atom. The van der Waals surface area contributed by atoms with Gasteiger partial charge in [0.15, 0.2) is 0 Å². The van der Waals surface area contributed by atoms with Crippen LogP contribution in [0.15, 0.2) is 24.3 Å². The fraction of sp³-hybridized carbons (Fsp3) is 0.571. The van der Waals surface area contributed by atoms with Crippen molar-refractivity contribution in [1.29, 1.82) is 0 Å². The number of hydrogen-bond donors (Lipinski definition) is 2. The second-order valence-electron chi connectivity index (χ2n) is 4.67. The minimum atomic E-state index is 0.678. The molecule has 1 atom stereocenters. The van der Waals surface area contributed by atoms with Crippen LogP contribution in [0, 0.1) is 6.92 Å². The van der Waals surface area contributed by atoms with Crippen LogP contribution in [0.2, 0.25) is 0 Å². The molecule has 2 N–H and O–H groups in total. The Morgan fingerprint density at radius 1 is 1.38 bits per heavy atom. The van der Waals surface area contributed by atoms with Crippen molar-refractivity contribution in [3.8, 4) is 0 Å². The molecule has 1 aliphatic heterocycles. The van der Waals surface area contributed by atoms with Crippen molar-refractivity contribution in [3.05, 3.63) is 35.4 Å². The molecule has 0 radical (unpaired) electrons. The Hall–Kier alpha value is -0.860. The van der Waals surface area contributed by atoms with E-state index in [-0.39, 0.29) is 0 Å². The van der Waals surface area contributed by atoms with Crippen LogP contribution in [-0.2, 0) is 6.42 Å². The highest BCUT2D eigenvalue weighted by Crippen LogP contribution is 2.07. The number of nitrogens with one attached hydrogen (secondary N) is 2. The molecular formula is C14H22N2. The van der Waals surface area contributed by atoms with Gasteiger partial charge in [0.25, 0.3) is 0 Å². The summed E-state index contributed by atoms with van der Waals surface area (Å²) in [5, 5.41) is 7.07. The SMILES string of the molecule is Cc1ccccc1CCNC1CCCNC1. The average Bonchev–Trinajstić information content (AvgIpc) is 2.33. The van der Waals surface area contributed by atoms with Gasteiger partial charge in [0.05, 0.1) is 0 Å². The molecule has 2 nitrogen and oxygen atoms in total. The van der Waals surface area contributed by atoms with Crippen molar-refractivity contribution in [2.45, 2.75) is 32.2 Å². The zero-order valence-corrected chi connectivity index (χ0v) is 10.1. The highest BCUT2D eigenvalue weighted by atomic mass is 15.0. The second-order valence-corrected chi connectivity index (χ2v) is 4.67. The molecule has 1 heterocycles. The minimum absolute atomic E-state index is 0.678. The smallest absolute Gasteiger partial charge is 0.0193 e. The van der Waals surface area contributed by atoms with Crippen LogP contribution < -0.4 is 10.6 Å². The number of rotatable bonds is 4. The van der Waals surface area contributed by atoms with Crippen LogP contribution in [0.5, 0.6) is 0 Å². The Bertz CT molecular complexity index is 316. The first kappa shape index (κ1) is 11.6. The fourth-order valence-corrected chi connectivity index (χ4v) is 2.33. The van der Waals surface area contributed by atoms with Gasteiger partial charge in [0.1, 0.15) is 0 Å². The molecule has 0 amide bonds. The first-order valence-electron chi connectivity index (χ1n) is 6.35. The summed E-state index contributed by atoms with van der Waals surface area (Å²) in [5.41, 5.74) is 2.88. The standard InChI is InChI=1S/C14H22N2/c1-12-5-2-3-6-13(12)8-10-16-14-7-4-9-15-11-14/h2-3,5-6,14-16H,4,7-11H2,1H3. The second kappa shape index (κ2) is 6.02. The monoisotopic (exact) mass is 218 g/mol. The molecule has 16 heavy (non-hydrogen) atoms. The van der Waals surface area contributed by atoms with E-state index in [0.29, 0.717) is 6.04 Å². The van der Waals surface area contributed by atoms with Crippen LogP contribution in [0.3, 0.4) is 0 Å². The lowest BCUT2D eigenvalue weighted by atomic mass is 10.0. The van der Waals surface area contributed by atoms with Crippen molar-refractivity contribution < 1.29 is 0 Å². The van der Waals surface area contributed by atoms with Crippen molar-refractivity contribution in [1.82, 2.24) is 10.6 Å². The van der Waals surface area contributed by atoms with Crippen LogP contribution in [-0.4, -0.2) is 25.7 Å². The summed E-state index contributed by atoms with van der Waals surface area (Å²) in [6, 6.07) is 9.34. The molecule has 2 rings (SSSR count). The zero-order valence-electron chi connectivity index (χ0n) is 10.1. The molecule has 1 saturated heterocycles. The van der Waals surface area contributed by atoms with Gasteiger partial charge in [0.2, 0.25) is 0 Å². The normalized spacial score (nSPS) is 20.9. The summed E-state index contributed by atoms with van der Waals surface area (Å²) >= 11 is 0. The summed E-state index contributed by atoms with van der Waals surface area (Å²) in [6.45, 7) is 5.61. The molecular weight excluding hydrogens is 196 g/mol. The summed E-state index contributed by atoms with van der Waals surface area (Å²) in [7, 11) is 0. The van der Waals surface area contributed by atoms with E-state index in [0.717, 1.165) is 19.5 Å². The molecule has 1 aromatic rings. The van der Waals surface area contributed by atoms with E-state index in [2.05, 4.69) is 41.8 Å². The van der Waals surface area contributed by atoms with E-state index in [4.69, 9.17) is 0 Å². The van der Waals surface area contributed by atoms with Crippen LogP contribution in [0.1, 0.15) is 24.0 Å². The van der Waals surface area contributed by atoms with Gasteiger partial charge in [-0.2, -0.15) is 0 Å². The van der Waals surface area contributed by atoms with Crippen molar-refractivity contribution >= 4 is 0 Å². The van der Waals surface area contributed by atoms with Crippen molar-refractivity contribution in [2.24, 2.45) is 0 Å². The van der Waals surface area contributed by atoms with Gasteiger partial charge in [-0.3, -0.25) is 0 Å². The third kappa shape index (κ3) is 3.32. The fourth-order valence-electron chi connectivity index (χ4n) is 2.33. The van der Waals surface area contributed by atoms with E-state index < -0.39 is 0 Å². The van der Waals surface area contributed by atoms with Gasteiger partial charge in [-0.05, 0) is 50.4 Å². The predicted molar refractivity (Wildman–Crippen MR) is 68.8 cm³/mol. The Kier molecular flexibility index (Phi) is 4.37. The quantitative estimate of drug-likeness (QED) is 0.806. The largest absolute Gasteiger partial charge is 0.315 e. The number of hydrogen-bond acceptors (Lipinski definition) is 2. The summed E-state index contributed by atoms with van der Waals surface area (Å²) in [6.07, 6.45) is 3.77. The first-order chi connectivity index (χ1) is 7.86. The number of benzene rings is 1. The zero-order chi connectivity index (χ0) is 11.2. The van der Waals surface area contributed by atoms with Gasteiger partial charge in [-0.1, -0.05) is 24.3 Å². The van der Waals surface area contributed by atoms with E-state index in [1.165, 1.54) is 30.5 Å². The molecule has 1 unspecified atom stereocenters. The third-order valence-corrected chi connectivity index (χ3v) is 3.39. The topological polar surface area (TPSA) is 24.1 Å². The summed E-state index contributed by atoms with van der Waals surface area (Å²) in [5.74, 6) is 0. The van der Waals surface area contributed by atoms with Gasteiger partial charge in [0, 0.05) is 12.6 Å². The maximum Gasteiger partial charge on any atom is 0.0193 e. The predicted octanol–water partition coefficient (Wildman–Crippen LogP) is 1.88. The van der Waals surface area contributed by atoms with E-state index in [1.54, 1.807) is 0 Å². The maximum atomic E-state index is 3.63. The molecule has 0 bridgehead atoms. The lowest BCUT2D eigenvalue weighted by molar-refractivity contribution is 0.392. The molecule has 0 aromatic heterocycles. The van der Waals surface area contributed by atoms with Gasteiger partial charge in [-0.25, -0.2) is 0 Å². The van der Waals surface area contributed by atoms with Gasteiger partial charge in [-0.15, -0.1) is 0 Å². The molecule has 0 aliphatic carbocycles. The Labute approximate surface area is 98.4 Å². The third-order valence-electron chi connectivity index (χ3n) is 3.39. The Morgan fingerprint density at radius 2 is 2.25 bits per heavy atom. The Balaban J connectivity index is 1.73. The van der Waals surface area contributed by atoms with Crippen molar-refractivity contribution in [2.75, 3.05) is 19.6 Å². The van der Waals surface area contributed by atoms with Crippen LogP contribution >= 0.6 is 0 Å². The molecule has 0 spiro atoms. The van der Waals surface area contributed by atoms with E-state index in [9.17, 15) is 0 Å². The minimum Gasteiger partial charge on any atom is -0.315 e. The lowest BCUT2D eigenvalue weighted by Crippen LogP contribution is -2.43. The molecule has 0 saturated carbocycles. The first-order valence-corrected chi connectivity index (χ1v) is 6.35. The van der Waals surface area contributed by atoms with Crippen LogP contribution in [0.25, 0.3) is 0 Å². The van der Waals surface area contributed by atoms with Gasteiger partial charge >= 0.3 is 0 Å². The number of aryl methyl sites for hydroxylation is 1. The molecule has 1 aromatic carbocycles.